The maximum atomic E-state index is 13.9. The SMILES string of the molecule is COc1ccc(C2CC(=O)c3c(O[C@@H]4O[C@@H](C)[C@H](O)[C@@H](O)[C@H]4O)cc(O[C@@H]4O[C@H](CO)[C@@H](O[C@@H]5OC[C@H](O)[C@H](O)[C@H]5O)[C@H](O)[C@H]4O)c(OC)c3O2)cc1. The van der Waals surface area contributed by atoms with Gasteiger partial charge in [0.15, 0.2) is 23.6 Å². The Morgan fingerprint density at radius 3 is 2.06 bits per heavy atom. The van der Waals surface area contributed by atoms with E-state index in [1.54, 1.807) is 24.3 Å². The Kier molecular flexibility index (Phi) is 12.0. The van der Waals surface area contributed by atoms with E-state index in [1.807, 2.05) is 0 Å². The van der Waals surface area contributed by atoms with Gasteiger partial charge in [0.05, 0.1) is 40.0 Å². The van der Waals surface area contributed by atoms with E-state index in [0.29, 0.717) is 11.3 Å². The van der Waals surface area contributed by atoms with Crippen molar-refractivity contribution in [2.45, 2.75) is 105 Å². The Balaban J connectivity index is 1.33. The average Bonchev–Trinajstić information content (AvgIpc) is 3.15. The first-order chi connectivity index (χ1) is 25.3. The van der Waals surface area contributed by atoms with Gasteiger partial charge in [0.1, 0.15) is 84.2 Å². The van der Waals surface area contributed by atoms with Crippen molar-refractivity contribution in [2.75, 3.05) is 27.4 Å². The number of methoxy groups -OCH3 is 2. The summed E-state index contributed by atoms with van der Waals surface area (Å²) in [6.45, 7) is 0.219. The van der Waals surface area contributed by atoms with Crippen molar-refractivity contribution in [1.82, 2.24) is 0 Å². The van der Waals surface area contributed by atoms with Crippen molar-refractivity contribution >= 4 is 5.78 Å². The molecule has 0 amide bonds. The van der Waals surface area contributed by atoms with Crippen molar-refractivity contribution in [3.63, 3.8) is 0 Å². The van der Waals surface area contributed by atoms with E-state index in [4.69, 9.17) is 42.6 Å². The van der Waals surface area contributed by atoms with E-state index in [-0.39, 0.29) is 35.0 Å². The van der Waals surface area contributed by atoms with Crippen molar-refractivity contribution < 1.29 is 93.4 Å². The molecule has 1 unspecified atom stereocenters. The zero-order chi connectivity index (χ0) is 38.3. The number of ketones is 1. The molecule has 6 rings (SSSR count). The van der Waals surface area contributed by atoms with Crippen LogP contribution in [-0.2, 0) is 18.9 Å². The van der Waals surface area contributed by atoms with Crippen molar-refractivity contribution in [2.24, 2.45) is 0 Å². The molecule has 0 aliphatic carbocycles. The highest BCUT2D eigenvalue weighted by atomic mass is 16.7. The molecule has 2 aromatic rings. The lowest BCUT2D eigenvalue weighted by Gasteiger charge is -2.44. The minimum absolute atomic E-state index is 0.145. The van der Waals surface area contributed by atoms with Crippen LogP contribution >= 0.6 is 0 Å². The molecule has 19 nitrogen and oxygen atoms in total. The van der Waals surface area contributed by atoms with Crippen LogP contribution in [0.1, 0.15) is 35.4 Å². The number of carbonyl (C=O) groups is 1. The second kappa shape index (κ2) is 16.1. The minimum Gasteiger partial charge on any atom is -0.497 e. The molecular weight excluding hydrogens is 712 g/mol. The summed E-state index contributed by atoms with van der Waals surface area (Å²) in [6, 6.07) is 7.92. The van der Waals surface area contributed by atoms with Crippen LogP contribution in [0.3, 0.4) is 0 Å². The van der Waals surface area contributed by atoms with Crippen LogP contribution in [0, 0.1) is 0 Å². The Bertz CT molecular complexity index is 1570. The molecule has 53 heavy (non-hydrogen) atoms. The van der Waals surface area contributed by atoms with Gasteiger partial charge < -0.3 is 88.6 Å². The number of fused-ring (bicyclic) bond motifs is 1. The first-order valence-electron chi connectivity index (χ1n) is 16.8. The molecule has 4 aliphatic heterocycles. The van der Waals surface area contributed by atoms with E-state index in [2.05, 4.69) is 0 Å². The molecule has 4 aliphatic rings. The molecule has 0 aromatic heterocycles. The Morgan fingerprint density at radius 1 is 0.755 bits per heavy atom. The fourth-order valence-electron chi connectivity index (χ4n) is 6.54. The van der Waals surface area contributed by atoms with Gasteiger partial charge in [0, 0.05) is 6.07 Å². The highest BCUT2D eigenvalue weighted by Gasteiger charge is 2.50. The van der Waals surface area contributed by atoms with Gasteiger partial charge in [0.2, 0.25) is 18.3 Å². The zero-order valence-corrected chi connectivity index (χ0v) is 28.8. The summed E-state index contributed by atoms with van der Waals surface area (Å²) in [7, 11) is 2.75. The van der Waals surface area contributed by atoms with Gasteiger partial charge in [0.25, 0.3) is 0 Å². The van der Waals surface area contributed by atoms with Crippen LogP contribution in [0.15, 0.2) is 30.3 Å². The van der Waals surface area contributed by atoms with E-state index < -0.39 is 111 Å². The second-order valence-electron chi connectivity index (χ2n) is 13.1. The smallest absolute Gasteiger partial charge is 0.229 e. The molecule has 4 heterocycles. The number of aliphatic hydroxyl groups is 9. The number of rotatable bonds is 10. The average molecular weight is 757 g/mol. The van der Waals surface area contributed by atoms with Crippen molar-refractivity contribution in [3.05, 3.63) is 41.5 Å². The summed E-state index contributed by atoms with van der Waals surface area (Å²) >= 11 is 0. The highest BCUT2D eigenvalue weighted by molar-refractivity contribution is 6.04. The van der Waals surface area contributed by atoms with Gasteiger partial charge >= 0.3 is 0 Å². The summed E-state index contributed by atoms with van der Waals surface area (Å²) in [5.74, 6) is -0.828. The maximum Gasteiger partial charge on any atom is 0.229 e. The van der Waals surface area contributed by atoms with Crippen LogP contribution < -0.4 is 23.7 Å². The zero-order valence-electron chi connectivity index (χ0n) is 28.8. The monoisotopic (exact) mass is 756 g/mol. The molecule has 0 spiro atoms. The Labute approximate surface area is 302 Å². The molecule has 15 atom stereocenters. The fourth-order valence-corrected chi connectivity index (χ4v) is 6.54. The molecule has 2 aromatic carbocycles. The number of ether oxygens (including phenoxy) is 9. The standard InChI is InChI=1S/C34H44O19/c1-12-22(38)24(40)27(43)33(48-12)50-18-9-19(30(46-3)31-21(18)15(36)8-17(49-31)13-4-6-14(45-2)7-5-13)51-34-28(44)25(41)29(20(10-35)52-34)53-32-26(42)23(39)16(37)11-47-32/h4-7,9,12,16-17,20,22-29,32-35,37-44H,8,10-11H2,1-3H3/t12-,16-,17?,20+,22-,23-,24+,25+,26+,27+,28+,29+,32-,33-,34+/m0/s1. The van der Waals surface area contributed by atoms with E-state index in [0.717, 1.165) is 6.07 Å². The summed E-state index contributed by atoms with van der Waals surface area (Å²) in [4.78, 5) is 13.9. The third-order valence-electron chi connectivity index (χ3n) is 9.63. The molecule has 0 radical (unpaired) electrons. The predicted octanol–water partition coefficient (Wildman–Crippen LogP) is -2.74. The van der Waals surface area contributed by atoms with E-state index >= 15 is 0 Å². The van der Waals surface area contributed by atoms with Gasteiger partial charge in [-0.3, -0.25) is 4.79 Å². The summed E-state index contributed by atoms with van der Waals surface area (Å²) < 4.78 is 51.4. The van der Waals surface area contributed by atoms with Crippen LogP contribution in [-0.4, -0.2) is 165 Å². The predicted molar refractivity (Wildman–Crippen MR) is 172 cm³/mol. The Hall–Kier alpha value is -3.41. The largest absolute Gasteiger partial charge is 0.497 e. The lowest BCUT2D eigenvalue weighted by Crippen LogP contribution is -2.63. The van der Waals surface area contributed by atoms with E-state index in [1.165, 1.54) is 21.1 Å². The number of benzene rings is 2. The third-order valence-corrected chi connectivity index (χ3v) is 9.63. The summed E-state index contributed by atoms with van der Waals surface area (Å²) in [5.41, 5.74) is 0.450. The molecule has 3 fully saturated rings. The van der Waals surface area contributed by atoms with Gasteiger partial charge in [-0.15, -0.1) is 0 Å². The minimum atomic E-state index is -1.92. The molecule has 0 bridgehead atoms. The topological polar surface area (TPSA) is 282 Å². The lowest BCUT2D eigenvalue weighted by molar-refractivity contribution is -0.339. The van der Waals surface area contributed by atoms with Gasteiger partial charge in [-0.1, -0.05) is 12.1 Å². The van der Waals surface area contributed by atoms with Gasteiger partial charge in [-0.05, 0) is 24.6 Å². The van der Waals surface area contributed by atoms with Crippen LogP contribution in [0.4, 0.5) is 0 Å². The maximum absolute atomic E-state index is 13.9. The van der Waals surface area contributed by atoms with E-state index in [9.17, 15) is 50.8 Å². The Morgan fingerprint density at radius 2 is 1.40 bits per heavy atom. The quantitative estimate of drug-likeness (QED) is 0.119. The second-order valence-corrected chi connectivity index (χ2v) is 13.1. The molecular formula is C34H44O19. The number of aliphatic hydroxyl groups excluding tert-OH is 9. The molecule has 19 heteroatoms. The lowest BCUT2D eigenvalue weighted by atomic mass is 9.94. The molecule has 9 N–H and O–H groups in total. The fraction of sp³-hybridized carbons (Fsp3) is 0.618. The van der Waals surface area contributed by atoms with Crippen molar-refractivity contribution in [3.8, 4) is 28.7 Å². The van der Waals surface area contributed by atoms with Gasteiger partial charge in [-0.2, -0.15) is 0 Å². The van der Waals surface area contributed by atoms with Crippen LogP contribution in [0.2, 0.25) is 0 Å². The highest BCUT2D eigenvalue weighted by Crippen LogP contribution is 2.51. The summed E-state index contributed by atoms with van der Waals surface area (Å²) in [6.07, 6.45) is -23.4. The van der Waals surface area contributed by atoms with Crippen LogP contribution in [0.25, 0.3) is 0 Å². The number of carbonyl (C=O) groups excluding carboxylic acids is 1. The van der Waals surface area contributed by atoms with Crippen LogP contribution in [0.5, 0.6) is 28.7 Å². The molecule has 294 valence electrons. The first kappa shape index (κ1) is 39.3. The molecule has 0 saturated carbocycles. The van der Waals surface area contributed by atoms with Gasteiger partial charge in [-0.25, -0.2) is 0 Å². The third kappa shape index (κ3) is 7.63. The van der Waals surface area contributed by atoms with Crippen molar-refractivity contribution in [1.29, 1.82) is 0 Å². The first-order valence-corrected chi connectivity index (χ1v) is 16.8. The number of hydrogen-bond acceptors (Lipinski definition) is 19. The number of Topliss-reactive ketones (excluding diaryl/α,β-unsaturated/α-hetero) is 1. The summed E-state index contributed by atoms with van der Waals surface area (Å²) in [5, 5.41) is 94.0. The molecule has 3 saturated heterocycles. The number of hydrogen-bond donors (Lipinski definition) is 9. The normalized spacial score (nSPS) is 38.7.